The van der Waals surface area contributed by atoms with Gasteiger partial charge >= 0.3 is 5.97 Å². The summed E-state index contributed by atoms with van der Waals surface area (Å²) in [6.07, 6.45) is -0.637. The van der Waals surface area contributed by atoms with E-state index in [0.29, 0.717) is 6.54 Å². The van der Waals surface area contributed by atoms with Crippen LogP contribution >= 0.6 is 0 Å². The fourth-order valence-electron chi connectivity index (χ4n) is 1.76. The van der Waals surface area contributed by atoms with E-state index in [0.717, 1.165) is 5.56 Å². The van der Waals surface area contributed by atoms with Crippen LogP contribution in [0.15, 0.2) is 30.3 Å². The molecule has 0 aliphatic rings. The molecule has 0 saturated carbocycles. The number of hydrogen-bond donors (Lipinski definition) is 2. The molecule has 0 fully saturated rings. The number of nitrogens with one attached hydrogen (secondary N) is 1. The highest BCUT2D eigenvalue weighted by Crippen LogP contribution is 2.16. The SMILES string of the molecule is COC(C(=O)NCC(C)CC(=O)O)c1ccccc1. The van der Waals surface area contributed by atoms with E-state index >= 15 is 0 Å². The van der Waals surface area contributed by atoms with Gasteiger partial charge in [-0.2, -0.15) is 0 Å². The summed E-state index contributed by atoms with van der Waals surface area (Å²) >= 11 is 0. The van der Waals surface area contributed by atoms with Crippen LogP contribution in [0.1, 0.15) is 25.0 Å². The summed E-state index contributed by atoms with van der Waals surface area (Å²) in [5.74, 6) is -1.24. The topological polar surface area (TPSA) is 75.6 Å². The lowest BCUT2D eigenvalue weighted by atomic mass is 10.1. The number of carbonyl (C=O) groups excluding carboxylic acids is 1. The van der Waals surface area contributed by atoms with Crippen molar-refractivity contribution in [2.75, 3.05) is 13.7 Å². The molecule has 2 N–H and O–H groups in total. The molecule has 2 atom stereocenters. The zero-order valence-electron chi connectivity index (χ0n) is 11.1. The third-order valence-electron chi connectivity index (χ3n) is 2.72. The summed E-state index contributed by atoms with van der Waals surface area (Å²) in [6.45, 7) is 2.09. The van der Waals surface area contributed by atoms with Gasteiger partial charge in [0.25, 0.3) is 5.91 Å². The Morgan fingerprint density at radius 2 is 1.95 bits per heavy atom. The van der Waals surface area contributed by atoms with E-state index in [1.807, 2.05) is 30.3 Å². The number of rotatable bonds is 7. The number of amides is 1. The maximum absolute atomic E-state index is 12.0. The lowest BCUT2D eigenvalue weighted by Crippen LogP contribution is -2.34. The average Bonchev–Trinajstić information content (AvgIpc) is 2.38. The first-order valence-corrected chi connectivity index (χ1v) is 6.11. The Morgan fingerprint density at radius 1 is 1.32 bits per heavy atom. The Kier molecular flexibility index (Phi) is 6.02. The number of methoxy groups -OCH3 is 1. The largest absolute Gasteiger partial charge is 0.481 e. The van der Waals surface area contributed by atoms with Gasteiger partial charge in [0.1, 0.15) is 0 Å². The summed E-state index contributed by atoms with van der Waals surface area (Å²) in [7, 11) is 1.47. The molecule has 0 heterocycles. The van der Waals surface area contributed by atoms with Gasteiger partial charge in [0.05, 0.1) is 0 Å². The molecule has 0 aliphatic carbocycles. The van der Waals surface area contributed by atoms with Crippen LogP contribution in [0.3, 0.4) is 0 Å². The van der Waals surface area contributed by atoms with Gasteiger partial charge in [-0.05, 0) is 11.5 Å². The molecule has 1 aromatic carbocycles. The molecule has 0 bridgehead atoms. The molecule has 0 radical (unpaired) electrons. The highest BCUT2D eigenvalue weighted by Gasteiger charge is 2.20. The Morgan fingerprint density at radius 3 is 2.47 bits per heavy atom. The second-order valence-corrected chi connectivity index (χ2v) is 4.47. The van der Waals surface area contributed by atoms with Crippen molar-refractivity contribution in [2.45, 2.75) is 19.4 Å². The van der Waals surface area contributed by atoms with E-state index in [9.17, 15) is 9.59 Å². The minimum Gasteiger partial charge on any atom is -0.481 e. The minimum atomic E-state index is -0.868. The van der Waals surface area contributed by atoms with Crippen molar-refractivity contribution in [3.63, 3.8) is 0 Å². The predicted octanol–water partition coefficient (Wildman–Crippen LogP) is 1.60. The fraction of sp³-hybridized carbons (Fsp3) is 0.429. The first kappa shape index (κ1) is 15.2. The second-order valence-electron chi connectivity index (χ2n) is 4.47. The molecule has 104 valence electrons. The fourth-order valence-corrected chi connectivity index (χ4v) is 1.76. The number of carboxylic acids is 1. The number of ether oxygens (including phenoxy) is 1. The van der Waals surface area contributed by atoms with Crippen molar-refractivity contribution in [1.82, 2.24) is 5.32 Å². The molecule has 1 aromatic rings. The van der Waals surface area contributed by atoms with Crippen molar-refractivity contribution in [1.29, 1.82) is 0 Å². The van der Waals surface area contributed by atoms with Crippen LogP contribution in [-0.4, -0.2) is 30.6 Å². The van der Waals surface area contributed by atoms with E-state index < -0.39 is 12.1 Å². The summed E-state index contributed by atoms with van der Waals surface area (Å²) in [5.41, 5.74) is 0.772. The molecule has 5 heteroatoms. The van der Waals surface area contributed by atoms with Crippen molar-refractivity contribution in [3.8, 4) is 0 Å². The van der Waals surface area contributed by atoms with Crippen LogP contribution in [0.2, 0.25) is 0 Å². The molecule has 1 rings (SSSR count). The summed E-state index contributed by atoms with van der Waals surface area (Å²) in [6, 6.07) is 9.16. The van der Waals surface area contributed by atoms with Crippen LogP contribution < -0.4 is 5.32 Å². The number of hydrogen-bond acceptors (Lipinski definition) is 3. The number of carboxylic acid groups (broad SMARTS) is 1. The van der Waals surface area contributed by atoms with Crippen LogP contribution in [0.4, 0.5) is 0 Å². The van der Waals surface area contributed by atoms with Gasteiger partial charge in [-0.25, -0.2) is 0 Å². The molecule has 0 aromatic heterocycles. The Balaban J connectivity index is 2.54. The third-order valence-corrected chi connectivity index (χ3v) is 2.72. The first-order chi connectivity index (χ1) is 9.04. The quantitative estimate of drug-likeness (QED) is 0.785. The lowest BCUT2D eigenvalue weighted by Gasteiger charge is -2.17. The lowest BCUT2D eigenvalue weighted by molar-refractivity contribution is -0.138. The third kappa shape index (κ3) is 5.09. The Labute approximate surface area is 112 Å². The zero-order valence-corrected chi connectivity index (χ0v) is 11.1. The molecule has 0 aliphatic heterocycles. The predicted molar refractivity (Wildman–Crippen MR) is 70.6 cm³/mol. The van der Waals surface area contributed by atoms with Crippen molar-refractivity contribution in [2.24, 2.45) is 5.92 Å². The molecule has 19 heavy (non-hydrogen) atoms. The first-order valence-electron chi connectivity index (χ1n) is 6.11. The van der Waals surface area contributed by atoms with E-state index in [1.165, 1.54) is 7.11 Å². The normalized spacial score (nSPS) is 13.6. The van der Waals surface area contributed by atoms with Gasteiger partial charge < -0.3 is 15.2 Å². The molecular formula is C14H19NO4. The second kappa shape index (κ2) is 7.53. The van der Waals surface area contributed by atoms with Crippen LogP contribution in [-0.2, 0) is 14.3 Å². The van der Waals surface area contributed by atoms with Gasteiger partial charge in [-0.1, -0.05) is 37.3 Å². The minimum absolute atomic E-state index is 0.0310. The maximum atomic E-state index is 12.0. The molecule has 0 spiro atoms. The highest BCUT2D eigenvalue weighted by atomic mass is 16.5. The Bertz CT molecular complexity index is 419. The van der Waals surface area contributed by atoms with Crippen LogP contribution in [0, 0.1) is 5.92 Å². The molecule has 1 amide bonds. The molecule has 2 unspecified atom stereocenters. The van der Waals surface area contributed by atoms with Gasteiger partial charge in [-0.15, -0.1) is 0 Å². The van der Waals surface area contributed by atoms with Crippen molar-refractivity contribution < 1.29 is 19.4 Å². The number of carbonyl (C=O) groups is 2. The summed E-state index contributed by atoms with van der Waals surface area (Å²) < 4.78 is 5.18. The van der Waals surface area contributed by atoms with Gasteiger partial charge in [0.15, 0.2) is 6.10 Å². The Hall–Kier alpha value is -1.88. The van der Waals surface area contributed by atoms with E-state index in [-0.39, 0.29) is 18.2 Å². The highest BCUT2D eigenvalue weighted by molar-refractivity contribution is 5.82. The summed E-state index contributed by atoms with van der Waals surface area (Å²) in [4.78, 5) is 22.5. The van der Waals surface area contributed by atoms with Gasteiger partial charge in [-0.3, -0.25) is 9.59 Å². The van der Waals surface area contributed by atoms with Crippen molar-refractivity contribution >= 4 is 11.9 Å². The maximum Gasteiger partial charge on any atom is 0.303 e. The molecule has 0 saturated heterocycles. The molecule has 5 nitrogen and oxygen atoms in total. The zero-order chi connectivity index (χ0) is 14.3. The van der Waals surface area contributed by atoms with Gasteiger partial charge in [0.2, 0.25) is 0 Å². The average molecular weight is 265 g/mol. The smallest absolute Gasteiger partial charge is 0.303 e. The molecular weight excluding hydrogens is 246 g/mol. The summed E-state index contributed by atoms with van der Waals surface area (Å²) in [5, 5.41) is 11.4. The van der Waals surface area contributed by atoms with E-state index in [1.54, 1.807) is 6.92 Å². The van der Waals surface area contributed by atoms with Crippen LogP contribution in [0.5, 0.6) is 0 Å². The van der Waals surface area contributed by atoms with Crippen molar-refractivity contribution in [3.05, 3.63) is 35.9 Å². The standard InChI is InChI=1S/C14H19NO4/c1-10(8-12(16)17)9-15-14(18)13(19-2)11-6-4-3-5-7-11/h3-7,10,13H,8-9H2,1-2H3,(H,15,18)(H,16,17). The monoisotopic (exact) mass is 265 g/mol. The van der Waals surface area contributed by atoms with Gasteiger partial charge in [0, 0.05) is 20.1 Å². The van der Waals surface area contributed by atoms with E-state index in [4.69, 9.17) is 9.84 Å². The van der Waals surface area contributed by atoms with E-state index in [2.05, 4.69) is 5.32 Å². The number of benzene rings is 1. The van der Waals surface area contributed by atoms with Crippen LogP contribution in [0.25, 0.3) is 0 Å². The number of aliphatic carboxylic acids is 1.